The maximum Gasteiger partial charge on any atom is 0.418 e. The Labute approximate surface area is 122 Å². The van der Waals surface area contributed by atoms with Gasteiger partial charge in [0, 0.05) is 0 Å². The highest BCUT2D eigenvalue weighted by Gasteiger charge is 2.34. The van der Waals surface area contributed by atoms with Crippen LogP contribution in [0.15, 0.2) is 47.3 Å². The second kappa shape index (κ2) is 4.94. The molecule has 2 aromatic carbocycles. The van der Waals surface area contributed by atoms with Crippen molar-refractivity contribution in [3.05, 3.63) is 58.5 Å². The zero-order chi connectivity index (χ0) is 15.9. The van der Waals surface area contributed by atoms with Crippen molar-refractivity contribution in [3.63, 3.8) is 0 Å². The number of H-pyrrole nitrogens is 1. The fraction of sp³-hybridized carbons (Fsp3) is 0.133. The average Bonchev–Trinajstić information content (AvgIpc) is 2.82. The summed E-state index contributed by atoms with van der Waals surface area (Å²) < 4.78 is 45.6. The Morgan fingerprint density at radius 1 is 1.09 bits per heavy atom. The summed E-state index contributed by atoms with van der Waals surface area (Å²) in [5, 5.41) is 0. The molecule has 0 radical (unpaired) electrons. The Morgan fingerprint density at radius 2 is 1.77 bits per heavy atom. The Morgan fingerprint density at radius 3 is 2.36 bits per heavy atom. The van der Waals surface area contributed by atoms with E-state index in [1.807, 2.05) is 0 Å². The molecule has 0 saturated heterocycles. The summed E-state index contributed by atoms with van der Waals surface area (Å²) in [5.74, 6) is 0.549. The molecule has 0 saturated carbocycles. The molecule has 1 aromatic heterocycles. The van der Waals surface area contributed by atoms with Crippen molar-refractivity contribution in [1.82, 2.24) is 9.55 Å². The second-order valence-electron chi connectivity index (χ2n) is 4.66. The molecule has 1 N–H and O–H groups in total. The third-order valence-corrected chi connectivity index (χ3v) is 3.34. The molecule has 0 aliphatic carbocycles. The third-order valence-electron chi connectivity index (χ3n) is 3.34. The van der Waals surface area contributed by atoms with Gasteiger partial charge in [0.05, 0.1) is 29.4 Å². The topological polar surface area (TPSA) is 47.0 Å². The number of aromatic nitrogens is 2. The molecule has 0 spiro atoms. The van der Waals surface area contributed by atoms with Gasteiger partial charge in [-0.2, -0.15) is 13.2 Å². The summed E-state index contributed by atoms with van der Waals surface area (Å²) in [5.41, 5.74) is -1.22. The number of methoxy groups -OCH3 is 1. The summed E-state index contributed by atoms with van der Waals surface area (Å²) >= 11 is 0. The van der Waals surface area contributed by atoms with Crippen molar-refractivity contribution < 1.29 is 17.9 Å². The van der Waals surface area contributed by atoms with Crippen LogP contribution in [-0.2, 0) is 6.18 Å². The highest BCUT2D eigenvalue weighted by Crippen LogP contribution is 2.34. The number of ether oxygens (including phenoxy) is 1. The van der Waals surface area contributed by atoms with Crippen molar-refractivity contribution in [2.45, 2.75) is 6.18 Å². The summed E-state index contributed by atoms with van der Waals surface area (Å²) in [6.07, 6.45) is -4.55. The highest BCUT2D eigenvalue weighted by molar-refractivity contribution is 5.81. The van der Waals surface area contributed by atoms with Gasteiger partial charge >= 0.3 is 11.9 Å². The lowest BCUT2D eigenvalue weighted by Gasteiger charge is -2.11. The van der Waals surface area contributed by atoms with Crippen LogP contribution in [-0.4, -0.2) is 16.7 Å². The predicted molar refractivity (Wildman–Crippen MR) is 75.4 cm³/mol. The number of benzene rings is 2. The number of aromatic amines is 1. The minimum Gasteiger partial charge on any atom is -0.497 e. The van der Waals surface area contributed by atoms with Crippen LogP contribution in [0.25, 0.3) is 16.7 Å². The third kappa shape index (κ3) is 2.24. The van der Waals surface area contributed by atoms with Crippen LogP contribution >= 0.6 is 0 Å². The highest BCUT2D eigenvalue weighted by atomic mass is 19.4. The average molecular weight is 308 g/mol. The van der Waals surface area contributed by atoms with Gasteiger partial charge in [-0.1, -0.05) is 6.07 Å². The minimum absolute atomic E-state index is 0.135. The van der Waals surface area contributed by atoms with Gasteiger partial charge in [0.2, 0.25) is 0 Å². The normalized spacial score (nSPS) is 11.8. The fourth-order valence-corrected chi connectivity index (χ4v) is 2.36. The first-order chi connectivity index (χ1) is 10.4. The van der Waals surface area contributed by atoms with Crippen molar-refractivity contribution >= 4 is 11.0 Å². The van der Waals surface area contributed by atoms with Crippen LogP contribution in [0.3, 0.4) is 0 Å². The summed E-state index contributed by atoms with van der Waals surface area (Å²) in [6, 6.07) is 9.87. The lowest BCUT2D eigenvalue weighted by molar-refractivity contribution is -0.136. The first-order valence-corrected chi connectivity index (χ1v) is 6.37. The number of fused-ring (bicyclic) bond motifs is 1. The van der Waals surface area contributed by atoms with E-state index in [9.17, 15) is 18.0 Å². The second-order valence-corrected chi connectivity index (χ2v) is 4.66. The molecule has 3 aromatic rings. The van der Waals surface area contributed by atoms with E-state index < -0.39 is 17.4 Å². The molecule has 114 valence electrons. The molecular formula is C15H11F3N2O2. The van der Waals surface area contributed by atoms with E-state index in [1.165, 1.54) is 31.4 Å². The van der Waals surface area contributed by atoms with E-state index in [1.54, 1.807) is 12.1 Å². The Kier molecular flexibility index (Phi) is 3.20. The van der Waals surface area contributed by atoms with E-state index in [-0.39, 0.29) is 11.0 Å². The van der Waals surface area contributed by atoms with E-state index >= 15 is 0 Å². The molecule has 4 nitrogen and oxygen atoms in total. The lowest BCUT2D eigenvalue weighted by atomic mass is 10.1. The molecule has 0 amide bonds. The van der Waals surface area contributed by atoms with Crippen molar-refractivity contribution in [3.8, 4) is 11.4 Å². The Bertz CT molecular complexity index is 876. The van der Waals surface area contributed by atoms with Gasteiger partial charge in [0.25, 0.3) is 0 Å². The Hall–Kier alpha value is -2.70. The van der Waals surface area contributed by atoms with Gasteiger partial charge < -0.3 is 9.72 Å². The fourth-order valence-electron chi connectivity index (χ4n) is 2.36. The molecule has 0 atom stereocenters. The zero-order valence-electron chi connectivity index (χ0n) is 11.4. The largest absolute Gasteiger partial charge is 0.497 e. The number of hydrogen-bond acceptors (Lipinski definition) is 2. The maximum absolute atomic E-state index is 13.2. The van der Waals surface area contributed by atoms with Crippen LogP contribution in [0, 0.1) is 0 Å². The molecule has 0 aliphatic rings. The van der Waals surface area contributed by atoms with Crippen LogP contribution < -0.4 is 10.4 Å². The number of hydrogen-bond donors (Lipinski definition) is 1. The standard InChI is InChI=1S/C15H11F3N2O2/c1-22-10-7-5-9(6-8-10)20-13-11(15(16,17)18)3-2-4-12(13)19-14(20)21/h2-8H,1H3,(H,19,21). The molecule has 0 unspecified atom stereocenters. The van der Waals surface area contributed by atoms with Crippen molar-refractivity contribution in [1.29, 1.82) is 0 Å². The first kappa shape index (κ1) is 14.2. The molecule has 0 aliphatic heterocycles. The number of para-hydroxylation sites is 1. The zero-order valence-corrected chi connectivity index (χ0v) is 11.4. The molecule has 1 heterocycles. The number of alkyl halides is 3. The quantitative estimate of drug-likeness (QED) is 0.789. The van der Waals surface area contributed by atoms with Gasteiger partial charge in [0.15, 0.2) is 0 Å². The van der Waals surface area contributed by atoms with Gasteiger partial charge in [0.1, 0.15) is 5.75 Å². The molecule has 3 rings (SSSR count). The number of rotatable bonds is 2. The van der Waals surface area contributed by atoms with Crippen LogP contribution in [0.2, 0.25) is 0 Å². The van der Waals surface area contributed by atoms with Crippen molar-refractivity contribution in [2.24, 2.45) is 0 Å². The molecule has 22 heavy (non-hydrogen) atoms. The Balaban J connectivity index is 2.33. The summed E-state index contributed by atoms with van der Waals surface area (Å²) in [4.78, 5) is 14.5. The van der Waals surface area contributed by atoms with E-state index in [0.717, 1.165) is 10.6 Å². The number of nitrogens with one attached hydrogen (secondary N) is 1. The lowest BCUT2D eigenvalue weighted by Crippen LogP contribution is -2.16. The van der Waals surface area contributed by atoms with Gasteiger partial charge in [-0.3, -0.25) is 4.57 Å². The van der Waals surface area contributed by atoms with Crippen LogP contribution in [0.5, 0.6) is 5.75 Å². The molecule has 0 fully saturated rings. The number of imidazole rings is 1. The van der Waals surface area contributed by atoms with Gasteiger partial charge in [-0.25, -0.2) is 4.79 Å². The summed E-state index contributed by atoms with van der Waals surface area (Å²) in [6.45, 7) is 0. The first-order valence-electron chi connectivity index (χ1n) is 6.37. The van der Waals surface area contributed by atoms with Gasteiger partial charge in [-0.15, -0.1) is 0 Å². The SMILES string of the molecule is COc1ccc(-n2c(=O)[nH]c3cccc(C(F)(F)F)c32)cc1. The van der Waals surface area contributed by atoms with E-state index in [0.29, 0.717) is 11.4 Å². The minimum atomic E-state index is -4.55. The molecule has 7 heteroatoms. The molecular weight excluding hydrogens is 297 g/mol. The van der Waals surface area contributed by atoms with Gasteiger partial charge in [-0.05, 0) is 36.4 Å². The van der Waals surface area contributed by atoms with Crippen molar-refractivity contribution in [2.75, 3.05) is 7.11 Å². The maximum atomic E-state index is 13.2. The van der Waals surface area contributed by atoms with Crippen LogP contribution in [0.1, 0.15) is 5.56 Å². The number of nitrogens with zero attached hydrogens (tertiary/aromatic N) is 1. The monoisotopic (exact) mass is 308 g/mol. The predicted octanol–water partition coefficient (Wildman–Crippen LogP) is 3.35. The van der Waals surface area contributed by atoms with E-state index in [2.05, 4.69) is 4.98 Å². The molecule has 0 bridgehead atoms. The van der Waals surface area contributed by atoms with Crippen LogP contribution in [0.4, 0.5) is 13.2 Å². The number of halogens is 3. The summed E-state index contributed by atoms with van der Waals surface area (Å²) in [7, 11) is 1.48. The smallest absolute Gasteiger partial charge is 0.418 e. The van der Waals surface area contributed by atoms with E-state index in [4.69, 9.17) is 4.74 Å².